The minimum atomic E-state index is -0.668. The van der Waals surface area contributed by atoms with Crippen molar-refractivity contribution in [3.05, 3.63) is 65.4 Å². The number of rotatable bonds is 5. The Kier molecular flexibility index (Phi) is 4.64. The molecule has 0 fully saturated rings. The summed E-state index contributed by atoms with van der Waals surface area (Å²) in [5.41, 5.74) is 3.20. The number of esters is 1. The number of furan rings is 1. The summed E-state index contributed by atoms with van der Waals surface area (Å²) in [5, 5.41) is 0.797. The second kappa shape index (κ2) is 7.25. The normalized spacial score (nSPS) is 13.0. The van der Waals surface area contributed by atoms with Crippen LogP contribution in [-0.4, -0.2) is 32.1 Å². The van der Waals surface area contributed by atoms with Gasteiger partial charge in [0.25, 0.3) is 5.91 Å². The molecule has 6 heteroatoms. The Morgan fingerprint density at radius 1 is 1.11 bits per heavy atom. The van der Waals surface area contributed by atoms with Crippen molar-refractivity contribution in [3.63, 3.8) is 0 Å². The van der Waals surface area contributed by atoms with Crippen LogP contribution in [0.3, 0.4) is 0 Å². The second-order valence-corrected chi connectivity index (χ2v) is 6.34. The van der Waals surface area contributed by atoms with E-state index >= 15 is 0 Å². The molecule has 1 aromatic heterocycles. The first kappa shape index (κ1) is 17.3. The summed E-state index contributed by atoms with van der Waals surface area (Å²) >= 11 is 0. The first-order valence-electron chi connectivity index (χ1n) is 8.74. The molecule has 27 heavy (non-hydrogen) atoms. The van der Waals surface area contributed by atoms with E-state index in [1.165, 1.54) is 0 Å². The summed E-state index contributed by atoms with van der Waals surface area (Å²) in [6, 6.07) is 15.1. The summed E-state index contributed by atoms with van der Waals surface area (Å²) in [6.45, 7) is 0.473. The van der Waals surface area contributed by atoms with Crippen LogP contribution in [0.4, 0.5) is 5.69 Å². The Bertz CT molecular complexity index is 1010. The summed E-state index contributed by atoms with van der Waals surface area (Å²) in [6.07, 6.45) is 0.803. The van der Waals surface area contributed by atoms with Crippen molar-refractivity contribution in [2.24, 2.45) is 0 Å². The fraction of sp³-hybridized carbons (Fsp3) is 0.238. The zero-order valence-corrected chi connectivity index (χ0v) is 14.9. The maximum atomic E-state index is 12.5. The Morgan fingerprint density at radius 2 is 1.89 bits per heavy atom. The van der Waals surface area contributed by atoms with Gasteiger partial charge in [-0.2, -0.15) is 0 Å². The molecule has 4 rings (SSSR count). The van der Waals surface area contributed by atoms with E-state index in [1.54, 1.807) is 18.1 Å². The third kappa shape index (κ3) is 3.19. The van der Waals surface area contributed by atoms with Gasteiger partial charge in [0.2, 0.25) is 5.76 Å². The minimum absolute atomic E-state index is 0.0765. The van der Waals surface area contributed by atoms with E-state index < -0.39 is 5.97 Å². The van der Waals surface area contributed by atoms with Crippen LogP contribution in [0.5, 0.6) is 0 Å². The molecule has 138 valence electrons. The van der Waals surface area contributed by atoms with Crippen molar-refractivity contribution < 1.29 is 23.5 Å². The molecule has 0 aliphatic carbocycles. The molecule has 6 nitrogen and oxygen atoms in total. The average Bonchev–Trinajstić information content (AvgIpc) is 3.28. The molecule has 1 amide bonds. The van der Waals surface area contributed by atoms with Gasteiger partial charge in [0.05, 0.1) is 6.61 Å². The number of nitrogens with zero attached hydrogens (tertiary/aromatic N) is 1. The predicted octanol–water partition coefficient (Wildman–Crippen LogP) is 3.33. The monoisotopic (exact) mass is 365 g/mol. The zero-order chi connectivity index (χ0) is 18.8. The highest BCUT2D eigenvalue weighted by molar-refractivity contribution is 6.00. The number of para-hydroxylation sites is 2. The highest BCUT2D eigenvalue weighted by atomic mass is 16.5. The second-order valence-electron chi connectivity index (χ2n) is 6.34. The van der Waals surface area contributed by atoms with Crippen molar-refractivity contribution in [3.8, 4) is 0 Å². The van der Waals surface area contributed by atoms with Crippen molar-refractivity contribution in [2.75, 3.05) is 25.2 Å². The molecule has 0 spiro atoms. The fourth-order valence-electron chi connectivity index (χ4n) is 3.42. The Morgan fingerprint density at radius 3 is 2.74 bits per heavy atom. The molecule has 2 aromatic carbocycles. The number of ether oxygens (including phenoxy) is 2. The highest BCUT2D eigenvalue weighted by Gasteiger charge is 2.27. The van der Waals surface area contributed by atoms with Gasteiger partial charge in [-0.05, 0) is 24.1 Å². The van der Waals surface area contributed by atoms with Crippen LogP contribution in [0.1, 0.15) is 21.7 Å². The summed E-state index contributed by atoms with van der Waals surface area (Å²) in [4.78, 5) is 26.7. The van der Waals surface area contributed by atoms with Crippen LogP contribution in [0.2, 0.25) is 0 Å². The van der Waals surface area contributed by atoms with Gasteiger partial charge in [-0.25, -0.2) is 4.79 Å². The smallest absolute Gasteiger partial charge is 0.375 e. The van der Waals surface area contributed by atoms with Crippen LogP contribution < -0.4 is 4.90 Å². The molecule has 0 saturated heterocycles. The Balaban J connectivity index is 1.49. The molecule has 0 atom stereocenters. The SMILES string of the molecule is COCc1c(C(=O)OCC(=O)N2CCc3ccccc32)oc2ccccc12. The largest absolute Gasteiger partial charge is 0.450 e. The van der Waals surface area contributed by atoms with Gasteiger partial charge in [0.1, 0.15) is 5.58 Å². The van der Waals surface area contributed by atoms with Gasteiger partial charge in [0, 0.05) is 30.3 Å². The minimum Gasteiger partial charge on any atom is -0.450 e. The molecule has 3 aromatic rings. The lowest BCUT2D eigenvalue weighted by molar-refractivity contribution is -0.121. The van der Waals surface area contributed by atoms with Crippen molar-refractivity contribution in [2.45, 2.75) is 13.0 Å². The lowest BCUT2D eigenvalue weighted by Gasteiger charge is -2.17. The first-order valence-corrected chi connectivity index (χ1v) is 8.74. The molecule has 1 aliphatic heterocycles. The molecule has 0 radical (unpaired) electrons. The quantitative estimate of drug-likeness (QED) is 0.649. The Hall–Kier alpha value is -3.12. The maximum absolute atomic E-state index is 12.5. The van der Waals surface area contributed by atoms with E-state index in [0.29, 0.717) is 17.7 Å². The van der Waals surface area contributed by atoms with E-state index in [1.807, 2.05) is 42.5 Å². The van der Waals surface area contributed by atoms with Gasteiger partial charge in [-0.1, -0.05) is 36.4 Å². The molecular weight excluding hydrogens is 346 g/mol. The number of benzene rings is 2. The van der Waals surface area contributed by atoms with Crippen molar-refractivity contribution in [1.82, 2.24) is 0 Å². The molecule has 2 heterocycles. The highest BCUT2D eigenvalue weighted by Crippen LogP contribution is 2.29. The topological polar surface area (TPSA) is 69.0 Å². The third-order valence-electron chi connectivity index (χ3n) is 4.69. The van der Waals surface area contributed by atoms with E-state index in [2.05, 4.69) is 0 Å². The lowest BCUT2D eigenvalue weighted by atomic mass is 10.1. The van der Waals surface area contributed by atoms with Crippen LogP contribution in [-0.2, 0) is 27.3 Å². The third-order valence-corrected chi connectivity index (χ3v) is 4.69. The number of hydrogen-bond acceptors (Lipinski definition) is 5. The van der Waals surface area contributed by atoms with Crippen LogP contribution in [0.25, 0.3) is 11.0 Å². The molecule has 0 unspecified atom stereocenters. The van der Waals surface area contributed by atoms with Gasteiger partial charge < -0.3 is 18.8 Å². The summed E-state index contributed by atoms with van der Waals surface area (Å²) in [7, 11) is 1.55. The fourth-order valence-corrected chi connectivity index (χ4v) is 3.42. The van der Waals surface area contributed by atoms with E-state index in [-0.39, 0.29) is 24.9 Å². The van der Waals surface area contributed by atoms with Gasteiger partial charge in [-0.15, -0.1) is 0 Å². The number of anilines is 1. The van der Waals surface area contributed by atoms with E-state index in [9.17, 15) is 9.59 Å². The van der Waals surface area contributed by atoms with Crippen LogP contribution >= 0.6 is 0 Å². The predicted molar refractivity (Wildman–Crippen MR) is 99.7 cm³/mol. The molecule has 0 N–H and O–H groups in total. The molecule has 1 aliphatic rings. The number of carbonyl (C=O) groups is 2. The van der Waals surface area contributed by atoms with Crippen LogP contribution in [0, 0.1) is 0 Å². The number of amides is 1. The van der Waals surface area contributed by atoms with Crippen LogP contribution in [0.15, 0.2) is 52.9 Å². The average molecular weight is 365 g/mol. The molecule has 0 saturated carbocycles. The van der Waals surface area contributed by atoms with Gasteiger partial charge in [-0.3, -0.25) is 4.79 Å². The summed E-state index contributed by atoms with van der Waals surface area (Å²) in [5.74, 6) is -0.843. The van der Waals surface area contributed by atoms with Crippen molar-refractivity contribution >= 4 is 28.5 Å². The number of methoxy groups -OCH3 is 1. The number of hydrogen-bond donors (Lipinski definition) is 0. The first-order chi connectivity index (χ1) is 13.2. The zero-order valence-electron chi connectivity index (χ0n) is 14.9. The van der Waals surface area contributed by atoms with Gasteiger partial charge >= 0.3 is 5.97 Å². The Labute approximate surface area is 156 Å². The number of fused-ring (bicyclic) bond motifs is 2. The standard InChI is InChI=1S/C21H19NO5/c1-25-12-16-15-7-3-5-9-18(15)27-20(16)21(24)26-13-19(23)22-11-10-14-6-2-4-8-17(14)22/h2-9H,10-13H2,1H3. The molecule has 0 bridgehead atoms. The lowest BCUT2D eigenvalue weighted by Crippen LogP contribution is -2.33. The van der Waals surface area contributed by atoms with E-state index in [4.69, 9.17) is 13.9 Å². The summed E-state index contributed by atoms with van der Waals surface area (Å²) < 4.78 is 16.1. The van der Waals surface area contributed by atoms with E-state index in [0.717, 1.165) is 23.1 Å². The van der Waals surface area contributed by atoms with Crippen molar-refractivity contribution in [1.29, 1.82) is 0 Å². The molecular formula is C21H19NO5. The number of carbonyl (C=O) groups excluding carboxylic acids is 2. The maximum Gasteiger partial charge on any atom is 0.375 e. The van der Waals surface area contributed by atoms with Gasteiger partial charge in [0.15, 0.2) is 6.61 Å².